The summed E-state index contributed by atoms with van der Waals surface area (Å²) in [5, 5.41) is 4.67. The minimum atomic E-state index is -0.271. The van der Waals surface area contributed by atoms with E-state index in [2.05, 4.69) is 20.5 Å². The molecule has 2 N–H and O–H groups in total. The van der Waals surface area contributed by atoms with Gasteiger partial charge < -0.3 is 9.72 Å². The molecule has 3 aromatic carbocycles. The van der Waals surface area contributed by atoms with Crippen LogP contribution in [0.5, 0.6) is 5.75 Å². The summed E-state index contributed by atoms with van der Waals surface area (Å²) in [5.74, 6) is 0.397. The van der Waals surface area contributed by atoms with Gasteiger partial charge in [0, 0.05) is 0 Å². The van der Waals surface area contributed by atoms with Crippen LogP contribution in [0.2, 0.25) is 0 Å². The van der Waals surface area contributed by atoms with Crippen LogP contribution in [-0.2, 0) is 11.4 Å². The number of benzene rings is 3. The molecule has 4 rings (SSSR count). The summed E-state index contributed by atoms with van der Waals surface area (Å²) >= 11 is 1.32. The molecule has 4 aromatic rings. The van der Waals surface area contributed by atoms with Crippen molar-refractivity contribution in [3.63, 3.8) is 0 Å². The predicted molar refractivity (Wildman–Crippen MR) is 120 cm³/mol. The van der Waals surface area contributed by atoms with Gasteiger partial charge in [0.25, 0.3) is 5.91 Å². The molecule has 31 heavy (non-hydrogen) atoms. The molecule has 0 saturated heterocycles. The Bertz CT molecular complexity index is 1160. The molecule has 8 heteroatoms. The van der Waals surface area contributed by atoms with E-state index >= 15 is 0 Å². The van der Waals surface area contributed by atoms with Gasteiger partial charge in [-0.15, -0.1) is 0 Å². The first-order valence-corrected chi connectivity index (χ1v) is 10.5. The maximum absolute atomic E-state index is 12.9. The minimum Gasteiger partial charge on any atom is -0.489 e. The fraction of sp³-hybridized carbons (Fsp3) is 0.0870. The molecular formula is C23H19FN4O2S. The highest BCUT2D eigenvalue weighted by Crippen LogP contribution is 2.19. The molecule has 0 radical (unpaired) electrons. The van der Waals surface area contributed by atoms with Gasteiger partial charge >= 0.3 is 0 Å². The van der Waals surface area contributed by atoms with Gasteiger partial charge in [-0.25, -0.2) is 14.8 Å². The average molecular weight is 434 g/mol. The van der Waals surface area contributed by atoms with Crippen molar-refractivity contribution in [2.24, 2.45) is 5.10 Å². The maximum atomic E-state index is 12.9. The number of nitrogens with zero attached hydrogens (tertiary/aromatic N) is 2. The standard InChI is InChI=1S/C23H19FN4O2S/c24-18-9-5-17(6-10-18)14-30-19-11-7-16(8-12-19)13-25-28-22(29)15-31-23-26-20-3-1-2-4-21(20)27-23/h1-13H,14-15H2,(H,26,27)(H,28,29)/b25-13+. The van der Waals surface area contributed by atoms with Crippen LogP contribution in [0.3, 0.4) is 0 Å². The van der Waals surface area contributed by atoms with Crippen molar-refractivity contribution in [2.45, 2.75) is 11.8 Å². The number of H-pyrrole nitrogens is 1. The first-order chi connectivity index (χ1) is 15.2. The summed E-state index contributed by atoms with van der Waals surface area (Å²) in [6, 6.07) is 21.2. The van der Waals surface area contributed by atoms with Crippen molar-refractivity contribution < 1.29 is 13.9 Å². The van der Waals surface area contributed by atoms with Crippen LogP contribution >= 0.6 is 11.8 Å². The Morgan fingerprint density at radius 1 is 1.10 bits per heavy atom. The number of rotatable bonds is 8. The van der Waals surface area contributed by atoms with Crippen molar-refractivity contribution in [1.29, 1.82) is 0 Å². The van der Waals surface area contributed by atoms with Crippen molar-refractivity contribution in [3.8, 4) is 5.75 Å². The third-order valence-electron chi connectivity index (χ3n) is 4.31. The van der Waals surface area contributed by atoms with Crippen LogP contribution in [-0.4, -0.2) is 27.8 Å². The van der Waals surface area contributed by atoms with Crippen LogP contribution in [0, 0.1) is 5.82 Å². The number of nitrogens with one attached hydrogen (secondary N) is 2. The second kappa shape index (κ2) is 9.90. The SMILES string of the molecule is O=C(CSc1nc2ccccc2[nH]1)N/N=C/c1ccc(OCc2ccc(F)cc2)cc1. The molecule has 0 aliphatic heterocycles. The monoisotopic (exact) mass is 434 g/mol. The molecule has 1 aromatic heterocycles. The van der Waals surface area contributed by atoms with Crippen LogP contribution < -0.4 is 10.2 Å². The molecule has 1 heterocycles. The fourth-order valence-corrected chi connectivity index (χ4v) is 3.42. The Morgan fingerprint density at radius 2 is 1.87 bits per heavy atom. The number of aromatic amines is 1. The predicted octanol–water partition coefficient (Wildman–Crippen LogP) is 4.52. The van der Waals surface area contributed by atoms with E-state index in [4.69, 9.17) is 4.74 Å². The van der Waals surface area contributed by atoms with Gasteiger partial charge in [-0.2, -0.15) is 5.10 Å². The summed E-state index contributed by atoms with van der Waals surface area (Å²) in [7, 11) is 0. The zero-order chi connectivity index (χ0) is 21.5. The molecule has 0 unspecified atom stereocenters. The maximum Gasteiger partial charge on any atom is 0.250 e. The first kappa shape index (κ1) is 20.6. The zero-order valence-electron chi connectivity index (χ0n) is 16.4. The van der Waals surface area contributed by atoms with Gasteiger partial charge in [0.2, 0.25) is 0 Å². The smallest absolute Gasteiger partial charge is 0.250 e. The Morgan fingerprint density at radius 3 is 2.65 bits per heavy atom. The highest BCUT2D eigenvalue weighted by Gasteiger charge is 2.06. The number of aromatic nitrogens is 2. The number of hydrazone groups is 1. The van der Waals surface area contributed by atoms with E-state index in [-0.39, 0.29) is 17.5 Å². The molecular weight excluding hydrogens is 415 g/mol. The minimum absolute atomic E-state index is 0.202. The molecule has 6 nitrogen and oxygen atoms in total. The number of thioether (sulfide) groups is 1. The van der Waals surface area contributed by atoms with Gasteiger partial charge in [0.05, 0.1) is 23.0 Å². The van der Waals surface area contributed by atoms with Gasteiger partial charge in [-0.05, 0) is 59.7 Å². The zero-order valence-corrected chi connectivity index (χ0v) is 17.2. The van der Waals surface area contributed by atoms with E-state index in [0.717, 1.165) is 22.2 Å². The molecule has 0 atom stereocenters. The number of carbonyl (C=O) groups is 1. The lowest BCUT2D eigenvalue weighted by Crippen LogP contribution is -2.19. The van der Waals surface area contributed by atoms with Crippen LogP contribution in [0.4, 0.5) is 4.39 Å². The molecule has 0 fully saturated rings. The number of ether oxygens (including phenoxy) is 1. The highest BCUT2D eigenvalue weighted by atomic mass is 32.2. The quantitative estimate of drug-likeness (QED) is 0.243. The third kappa shape index (κ3) is 5.93. The van der Waals surface area contributed by atoms with Crippen LogP contribution in [0.25, 0.3) is 11.0 Å². The largest absolute Gasteiger partial charge is 0.489 e. The van der Waals surface area contributed by atoms with Gasteiger partial charge in [0.1, 0.15) is 18.2 Å². The number of carbonyl (C=O) groups excluding carboxylic acids is 1. The van der Waals surface area contributed by atoms with Crippen LogP contribution in [0.15, 0.2) is 83.1 Å². The molecule has 0 aliphatic carbocycles. The topological polar surface area (TPSA) is 79.4 Å². The lowest BCUT2D eigenvalue weighted by atomic mass is 10.2. The molecule has 0 spiro atoms. The van der Waals surface area contributed by atoms with E-state index < -0.39 is 0 Å². The van der Waals surface area contributed by atoms with E-state index in [9.17, 15) is 9.18 Å². The number of amides is 1. The number of hydrogen-bond donors (Lipinski definition) is 2. The second-order valence-electron chi connectivity index (χ2n) is 6.63. The molecule has 1 amide bonds. The van der Waals surface area contributed by atoms with Crippen molar-refractivity contribution in [3.05, 3.63) is 89.7 Å². The third-order valence-corrected chi connectivity index (χ3v) is 5.18. The summed E-state index contributed by atoms with van der Waals surface area (Å²) in [5.41, 5.74) is 6.02. The summed E-state index contributed by atoms with van der Waals surface area (Å²) in [6.45, 7) is 0.354. The lowest BCUT2D eigenvalue weighted by Gasteiger charge is -2.06. The van der Waals surface area contributed by atoms with Crippen molar-refractivity contribution in [2.75, 3.05) is 5.75 Å². The van der Waals surface area contributed by atoms with Gasteiger partial charge in [-0.3, -0.25) is 4.79 Å². The van der Waals surface area contributed by atoms with E-state index in [1.165, 1.54) is 23.9 Å². The fourth-order valence-electron chi connectivity index (χ4n) is 2.74. The molecule has 0 aliphatic rings. The Labute approximate surface area is 182 Å². The summed E-state index contributed by atoms with van der Waals surface area (Å²) in [4.78, 5) is 19.6. The normalized spacial score (nSPS) is 11.1. The summed E-state index contributed by atoms with van der Waals surface area (Å²) in [6.07, 6.45) is 1.56. The number of fused-ring (bicyclic) bond motifs is 1. The number of para-hydroxylation sites is 2. The van der Waals surface area contributed by atoms with E-state index in [1.807, 2.05) is 48.5 Å². The number of imidazole rings is 1. The first-order valence-electron chi connectivity index (χ1n) is 9.52. The molecule has 156 valence electrons. The Hall–Kier alpha value is -3.65. The summed E-state index contributed by atoms with van der Waals surface area (Å²) < 4.78 is 18.6. The Balaban J connectivity index is 1.21. The van der Waals surface area contributed by atoms with Crippen LogP contribution in [0.1, 0.15) is 11.1 Å². The average Bonchev–Trinajstić information content (AvgIpc) is 3.21. The van der Waals surface area contributed by atoms with Crippen molar-refractivity contribution in [1.82, 2.24) is 15.4 Å². The van der Waals surface area contributed by atoms with E-state index in [0.29, 0.717) is 17.5 Å². The van der Waals surface area contributed by atoms with E-state index in [1.54, 1.807) is 18.3 Å². The lowest BCUT2D eigenvalue weighted by molar-refractivity contribution is -0.118. The Kier molecular flexibility index (Phi) is 6.59. The van der Waals surface area contributed by atoms with Gasteiger partial charge in [-0.1, -0.05) is 36.0 Å². The van der Waals surface area contributed by atoms with Gasteiger partial charge in [0.15, 0.2) is 5.16 Å². The highest BCUT2D eigenvalue weighted by molar-refractivity contribution is 7.99. The second-order valence-corrected chi connectivity index (χ2v) is 7.59. The number of hydrogen-bond acceptors (Lipinski definition) is 5. The molecule has 0 bridgehead atoms. The van der Waals surface area contributed by atoms with Crippen molar-refractivity contribution >= 4 is 34.9 Å². The molecule has 0 saturated carbocycles. The number of halogens is 1.